The van der Waals surface area contributed by atoms with Gasteiger partial charge in [-0.2, -0.15) is 10.1 Å². The first-order valence-corrected chi connectivity index (χ1v) is 9.88. The van der Waals surface area contributed by atoms with Crippen molar-refractivity contribution < 1.29 is 13.6 Å². The molecule has 3 aromatic rings. The van der Waals surface area contributed by atoms with Crippen molar-refractivity contribution in [3.05, 3.63) is 39.4 Å². The molecule has 7 nitrogen and oxygen atoms in total. The van der Waals surface area contributed by atoms with Crippen molar-refractivity contribution in [3.63, 3.8) is 0 Å². The predicted molar refractivity (Wildman–Crippen MR) is 99.8 cm³/mol. The van der Waals surface area contributed by atoms with Gasteiger partial charge in [0.1, 0.15) is 16.9 Å². The number of fused-ring (bicyclic) bond motifs is 1. The summed E-state index contributed by atoms with van der Waals surface area (Å²) in [6.07, 6.45) is -0.614. The van der Waals surface area contributed by atoms with E-state index in [0.29, 0.717) is 23.7 Å². The Balaban J connectivity index is 1.70. The average Bonchev–Trinajstić information content (AvgIpc) is 3.26. The Morgan fingerprint density at radius 3 is 2.79 bits per heavy atom. The van der Waals surface area contributed by atoms with Crippen LogP contribution in [0.25, 0.3) is 5.78 Å². The van der Waals surface area contributed by atoms with Gasteiger partial charge in [0.2, 0.25) is 0 Å². The van der Waals surface area contributed by atoms with Crippen LogP contribution in [0.5, 0.6) is 0 Å². The van der Waals surface area contributed by atoms with Gasteiger partial charge < -0.3 is 4.90 Å². The highest BCUT2D eigenvalue weighted by atomic mass is 32.1. The van der Waals surface area contributed by atoms with Gasteiger partial charge >= 0.3 is 0 Å². The zero-order chi connectivity index (χ0) is 20.0. The number of hydrogen-bond donors (Lipinski definition) is 0. The molecule has 4 heterocycles. The van der Waals surface area contributed by atoms with Gasteiger partial charge in [0.05, 0.1) is 16.4 Å². The number of carbonyl (C=O) groups is 1. The number of aryl methyl sites for hydroxylation is 2. The fraction of sp³-hybridized carbons (Fsp3) is 0.500. The number of thiazole rings is 1. The Bertz CT molecular complexity index is 1030. The molecule has 1 fully saturated rings. The molecule has 0 unspecified atom stereocenters. The van der Waals surface area contributed by atoms with E-state index >= 15 is 0 Å². The maximum Gasteiger partial charge on any atom is 0.280 e. The van der Waals surface area contributed by atoms with Crippen molar-refractivity contribution in [2.75, 3.05) is 13.1 Å². The van der Waals surface area contributed by atoms with Gasteiger partial charge in [-0.15, -0.1) is 11.3 Å². The van der Waals surface area contributed by atoms with Crippen molar-refractivity contribution in [2.45, 2.75) is 39.5 Å². The minimum atomic E-state index is -2.69. The third-order valence-electron chi connectivity index (χ3n) is 5.25. The van der Waals surface area contributed by atoms with E-state index in [2.05, 4.69) is 27.0 Å². The third-order valence-corrected chi connectivity index (χ3v) is 6.31. The lowest BCUT2D eigenvalue weighted by Gasteiger charge is -2.37. The molecular formula is C18H20F2N6OS. The predicted octanol–water partition coefficient (Wildman–Crippen LogP) is 3.40. The summed E-state index contributed by atoms with van der Waals surface area (Å²) < 4.78 is 28.2. The van der Waals surface area contributed by atoms with Crippen LogP contribution in [-0.4, -0.2) is 48.5 Å². The number of hydrogen-bond acceptors (Lipinski definition) is 6. The SMILES string of the molecule is Cc1nc(C)c(C(=O)N2CC[C@@H](C)[C@H](c3cc(C(F)F)nc4ncnn34)C2)s1. The maximum atomic E-state index is 13.3. The Labute approximate surface area is 164 Å². The molecule has 1 aliphatic rings. The maximum absolute atomic E-state index is 13.3. The Hall–Kier alpha value is -2.49. The Morgan fingerprint density at radius 2 is 2.11 bits per heavy atom. The Morgan fingerprint density at radius 1 is 1.32 bits per heavy atom. The highest BCUT2D eigenvalue weighted by molar-refractivity contribution is 7.13. The molecule has 0 aliphatic carbocycles. The summed E-state index contributed by atoms with van der Waals surface area (Å²) in [4.78, 5) is 27.7. The second kappa shape index (κ2) is 7.16. The second-order valence-electron chi connectivity index (χ2n) is 7.15. The molecule has 10 heteroatoms. The van der Waals surface area contributed by atoms with Gasteiger partial charge in [-0.3, -0.25) is 4.79 Å². The van der Waals surface area contributed by atoms with Gasteiger partial charge in [0.15, 0.2) is 0 Å². The van der Waals surface area contributed by atoms with Crippen LogP contribution < -0.4 is 0 Å². The number of alkyl halides is 2. The average molecular weight is 406 g/mol. The summed E-state index contributed by atoms with van der Waals surface area (Å²) in [5.74, 6) is 0.153. The smallest absolute Gasteiger partial charge is 0.280 e. The van der Waals surface area contributed by atoms with E-state index in [1.807, 2.05) is 13.8 Å². The summed E-state index contributed by atoms with van der Waals surface area (Å²) in [5.41, 5.74) is 1.02. The van der Waals surface area contributed by atoms with Crippen LogP contribution in [-0.2, 0) is 0 Å². The zero-order valence-corrected chi connectivity index (χ0v) is 16.6. The molecule has 28 heavy (non-hydrogen) atoms. The molecule has 1 saturated heterocycles. The number of aromatic nitrogens is 5. The molecule has 4 rings (SSSR count). The molecule has 1 amide bonds. The first-order valence-electron chi connectivity index (χ1n) is 9.07. The first kappa shape index (κ1) is 18.9. The number of piperidine rings is 1. The summed E-state index contributed by atoms with van der Waals surface area (Å²) >= 11 is 1.39. The standard InChI is InChI=1S/C18H20F2N6OS/c1-9-4-5-25(17(27)15-10(2)23-11(3)28-15)7-12(9)14-6-13(16(19)20)24-18-21-8-22-26(14)18/h6,8-9,12,16H,4-5,7H2,1-3H3/t9-,12-/m1/s1. The summed E-state index contributed by atoms with van der Waals surface area (Å²) in [5, 5.41) is 5.01. The zero-order valence-electron chi connectivity index (χ0n) is 15.8. The quantitative estimate of drug-likeness (QED) is 0.666. The summed E-state index contributed by atoms with van der Waals surface area (Å²) in [6, 6.07) is 1.39. The minimum absolute atomic E-state index is 0.0574. The van der Waals surface area contributed by atoms with Crippen molar-refractivity contribution in [3.8, 4) is 0 Å². The number of nitrogens with zero attached hydrogens (tertiary/aromatic N) is 6. The molecule has 0 spiro atoms. The fourth-order valence-electron chi connectivity index (χ4n) is 3.74. The number of halogens is 2. The number of amides is 1. The molecular weight excluding hydrogens is 386 g/mol. The number of rotatable bonds is 3. The van der Waals surface area contributed by atoms with Gasteiger partial charge in [0, 0.05) is 19.0 Å². The molecule has 2 atom stereocenters. The lowest BCUT2D eigenvalue weighted by molar-refractivity contribution is 0.0669. The molecule has 0 bridgehead atoms. The lowest BCUT2D eigenvalue weighted by atomic mass is 9.84. The largest absolute Gasteiger partial charge is 0.337 e. The van der Waals surface area contributed by atoms with Crippen molar-refractivity contribution in [2.24, 2.45) is 5.92 Å². The Kier molecular flexibility index (Phi) is 4.82. The highest BCUT2D eigenvalue weighted by Gasteiger charge is 2.34. The molecule has 148 valence electrons. The van der Waals surface area contributed by atoms with E-state index in [4.69, 9.17) is 0 Å². The van der Waals surface area contributed by atoms with Crippen molar-refractivity contribution >= 4 is 23.0 Å². The third kappa shape index (κ3) is 3.25. The van der Waals surface area contributed by atoms with Crippen LogP contribution in [0.15, 0.2) is 12.4 Å². The fourth-order valence-corrected chi connectivity index (χ4v) is 4.63. The van der Waals surface area contributed by atoms with Crippen molar-refractivity contribution in [1.82, 2.24) is 29.5 Å². The van der Waals surface area contributed by atoms with E-state index in [0.717, 1.165) is 17.1 Å². The topological polar surface area (TPSA) is 76.3 Å². The molecule has 0 N–H and O–H groups in total. The van der Waals surface area contributed by atoms with E-state index in [1.165, 1.54) is 28.2 Å². The highest BCUT2D eigenvalue weighted by Crippen LogP contribution is 2.34. The molecule has 0 saturated carbocycles. The van der Waals surface area contributed by atoms with E-state index in [1.54, 1.807) is 4.90 Å². The molecule has 0 aromatic carbocycles. The summed E-state index contributed by atoms with van der Waals surface area (Å²) in [6.45, 7) is 6.83. The molecule has 1 aliphatic heterocycles. The van der Waals surface area contributed by atoms with Crippen LogP contribution in [0.2, 0.25) is 0 Å². The molecule has 3 aromatic heterocycles. The van der Waals surface area contributed by atoms with Gasteiger partial charge in [-0.25, -0.2) is 23.3 Å². The molecule has 0 radical (unpaired) electrons. The van der Waals surface area contributed by atoms with E-state index in [9.17, 15) is 13.6 Å². The van der Waals surface area contributed by atoms with Crippen LogP contribution in [0.1, 0.15) is 57.4 Å². The lowest BCUT2D eigenvalue weighted by Crippen LogP contribution is -2.42. The second-order valence-corrected chi connectivity index (χ2v) is 8.35. The van der Waals surface area contributed by atoms with Gasteiger partial charge in [-0.05, 0) is 32.3 Å². The van der Waals surface area contributed by atoms with Crippen LogP contribution in [0.4, 0.5) is 8.78 Å². The van der Waals surface area contributed by atoms with E-state index < -0.39 is 6.43 Å². The normalized spacial score (nSPS) is 20.3. The van der Waals surface area contributed by atoms with Gasteiger partial charge in [0.25, 0.3) is 18.1 Å². The first-order chi connectivity index (χ1) is 13.3. The monoisotopic (exact) mass is 406 g/mol. The van der Waals surface area contributed by atoms with Gasteiger partial charge in [-0.1, -0.05) is 6.92 Å². The van der Waals surface area contributed by atoms with Crippen LogP contribution in [0, 0.1) is 19.8 Å². The number of carbonyl (C=O) groups excluding carboxylic acids is 1. The minimum Gasteiger partial charge on any atom is -0.337 e. The van der Waals surface area contributed by atoms with Crippen molar-refractivity contribution in [1.29, 1.82) is 0 Å². The summed E-state index contributed by atoms with van der Waals surface area (Å²) in [7, 11) is 0. The number of likely N-dealkylation sites (tertiary alicyclic amines) is 1. The van der Waals surface area contributed by atoms with Crippen LogP contribution in [0.3, 0.4) is 0 Å². The van der Waals surface area contributed by atoms with E-state index in [-0.39, 0.29) is 29.2 Å². The van der Waals surface area contributed by atoms with Crippen LogP contribution >= 0.6 is 11.3 Å².